The molecule has 2 aromatic rings. The first-order valence-electron chi connectivity index (χ1n) is 6.22. The largest absolute Gasteiger partial charge is 0.351 e. The number of sulfone groups is 1. The molecule has 0 radical (unpaired) electrons. The smallest absolute Gasteiger partial charge is 0.254 e. The average Bonchev–Trinajstić information content (AvgIpc) is 2.88. The third-order valence-electron chi connectivity index (χ3n) is 3.04. The van der Waals surface area contributed by atoms with Gasteiger partial charge in [0.15, 0.2) is 15.5 Å². The molecule has 0 spiro atoms. The van der Waals surface area contributed by atoms with Crippen molar-refractivity contribution in [2.24, 2.45) is 0 Å². The van der Waals surface area contributed by atoms with Crippen LogP contribution in [-0.4, -0.2) is 47.0 Å². The van der Waals surface area contributed by atoms with Gasteiger partial charge >= 0.3 is 0 Å². The van der Waals surface area contributed by atoms with E-state index < -0.39 is 9.84 Å². The van der Waals surface area contributed by atoms with Gasteiger partial charge in [0.25, 0.3) is 5.91 Å². The SMILES string of the molecule is CCS(=O)(=O)CCNC(=O)c1cnc2ccnn2c1C. The predicted molar refractivity (Wildman–Crippen MR) is 74.4 cm³/mol. The fraction of sp³-hybridized carbons (Fsp3) is 0.417. The van der Waals surface area contributed by atoms with Gasteiger partial charge in [-0.1, -0.05) is 6.92 Å². The number of hydrogen-bond acceptors (Lipinski definition) is 5. The average molecular weight is 296 g/mol. The predicted octanol–water partition coefficient (Wildman–Crippen LogP) is 0.202. The highest BCUT2D eigenvalue weighted by molar-refractivity contribution is 7.91. The van der Waals surface area contributed by atoms with Gasteiger partial charge in [0, 0.05) is 24.6 Å². The second kappa shape index (κ2) is 5.58. The zero-order chi connectivity index (χ0) is 14.8. The molecule has 0 atom stereocenters. The Hall–Kier alpha value is -1.96. The second-order valence-electron chi connectivity index (χ2n) is 4.35. The summed E-state index contributed by atoms with van der Waals surface area (Å²) in [5.41, 5.74) is 1.71. The molecule has 0 aromatic carbocycles. The van der Waals surface area contributed by atoms with Crippen molar-refractivity contribution in [2.75, 3.05) is 18.1 Å². The second-order valence-corrected chi connectivity index (χ2v) is 6.82. The molecule has 7 nitrogen and oxygen atoms in total. The highest BCUT2D eigenvalue weighted by Gasteiger charge is 2.14. The van der Waals surface area contributed by atoms with Crippen LogP contribution in [0.5, 0.6) is 0 Å². The number of aromatic nitrogens is 3. The molecule has 0 saturated heterocycles. The Morgan fingerprint density at radius 2 is 2.20 bits per heavy atom. The quantitative estimate of drug-likeness (QED) is 0.851. The van der Waals surface area contributed by atoms with Gasteiger partial charge in [-0.2, -0.15) is 5.10 Å². The molecule has 0 saturated carbocycles. The lowest BCUT2D eigenvalue weighted by Crippen LogP contribution is -2.30. The molecule has 0 aliphatic heterocycles. The summed E-state index contributed by atoms with van der Waals surface area (Å²) in [4.78, 5) is 16.1. The van der Waals surface area contributed by atoms with Gasteiger partial charge in [-0.3, -0.25) is 4.79 Å². The molecule has 20 heavy (non-hydrogen) atoms. The van der Waals surface area contributed by atoms with E-state index >= 15 is 0 Å². The summed E-state index contributed by atoms with van der Waals surface area (Å²) in [5.74, 6) is -0.340. The molecule has 2 rings (SSSR count). The van der Waals surface area contributed by atoms with Crippen LogP contribution in [0, 0.1) is 6.92 Å². The van der Waals surface area contributed by atoms with Crippen LogP contribution in [0.1, 0.15) is 23.0 Å². The van der Waals surface area contributed by atoms with Crippen molar-refractivity contribution < 1.29 is 13.2 Å². The molecule has 0 aliphatic carbocycles. The molecule has 0 aliphatic rings. The van der Waals surface area contributed by atoms with Crippen LogP contribution < -0.4 is 5.32 Å². The van der Waals surface area contributed by atoms with E-state index in [0.717, 1.165) is 0 Å². The first kappa shape index (κ1) is 14.4. The van der Waals surface area contributed by atoms with Crippen molar-refractivity contribution in [3.05, 3.63) is 29.7 Å². The van der Waals surface area contributed by atoms with E-state index in [0.29, 0.717) is 16.9 Å². The van der Waals surface area contributed by atoms with Crippen LogP contribution in [0.4, 0.5) is 0 Å². The Morgan fingerprint density at radius 3 is 2.90 bits per heavy atom. The number of nitrogens with zero attached hydrogens (tertiary/aromatic N) is 3. The molecular weight excluding hydrogens is 280 g/mol. The van der Waals surface area contributed by atoms with Crippen molar-refractivity contribution in [1.82, 2.24) is 19.9 Å². The number of fused-ring (bicyclic) bond motifs is 1. The fourth-order valence-corrected chi connectivity index (χ4v) is 2.48. The van der Waals surface area contributed by atoms with Gasteiger partial charge in [-0.05, 0) is 6.92 Å². The fourth-order valence-electron chi connectivity index (χ4n) is 1.77. The van der Waals surface area contributed by atoms with Gasteiger partial charge in [0.2, 0.25) is 0 Å². The molecule has 0 unspecified atom stereocenters. The van der Waals surface area contributed by atoms with E-state index in [1.165, 1.54) is 6.20 Å². The minimum absolute atomic E-state index is 0.0638. The van der Waals surface area contributed by atoms with Gasteiger partial charge in [0.1, 0.15) is 0 Å². The molecule has 1 N–H and O–H groups in total. The summed E-state index contributed by atoms with van der Waals surface area (Å²) in [7, 11) is -3.08. The maximum Gasteiger partial charge on any atom is 0.254 e. The number of hydrogen-bond donors (Lipinski definition) is 1. The molecule has 0 bridgehead atoms. The van der Waals surface area contributed by atoms with Gasteiger partial charge in [-0.15, -0.1) is 0 Å². The van der Waals surface area contributed by atoms with E-state index in [-0.39, 0.29) is 24.0 Å². The Labute approximate surface area is 116 Å². The number of rotatable bonds is 5. The van der Waals surface area contributed by atoms with Crippen LogP contribution in [0.25, 0.3) is 5.65 Å². The molecule has 108 valence electrons. The topological polar surface area (TPSA) is 93.4 Å². The zero-order valence-electron chi connectivity index (χ0n) is 11.3. The van der Waals surface area contributed by atoms with Crippen LogP contribution in [0.2, 0.25) is 0 Å². The lowest BCUT2D eigenvalue weighted by atomic mass is 10.2. The van der Waals surface area contributed by atoms with E-state index in [1.807, 2.05) is 0 Å². The Balaban J connectivity index is 2.10. The monoisotopic (exact) mass is 296 g/mol. The van der Waals surface area contributed by atoms with Crippen LogP contribution in [0.3, 0.4) is 0 Å². The van der Waals surface area contributed by atoms with Gasteiger partial charge < -0.3 is 5.32 Å². The van der Waals surface area contributed by atoms with Crippen molar-refractivity contribution >= 4 is 21.4 Å². The Bertz CT molecular complexity index is 736. The number of nitrogens with one attached hydrogen (secondary N) is 1. The van der Waals surface area contributed by atoms with Crippen LogP contribution in [0.15, 0.2) is 18.5 Å². The summed E-state index contributed by atoms with van der Waals surface area (Å²) < 4.78 is 24.3. The maximum atomic E-state index is 12.0. The number of carbonyl (C=O) groups excluding carboxylic acids is 1. The minimum Gasteiger partial charge on any atom is -0.351 e. The lowest BCUT2D eigenvalue weighted by molar-refractivity contribution is 0.0954. The van der Waals surface area contributed by atoms with E-state index in [9.17, 15) is 13.2 Å². The van der Waals surface area contributed by atoms with E-state index in [2.05, 4.69) is 15.4 Å². The molecule has 2 heterocycles. The maximum absolute atomic E-state index is 12.0. The van der Waals surface area contributed by atoms with E-state index in [4.69, 9.17) is 0 Å². The van der Waals surface area contributed by atoms with Gasteiger partial charge in [-0.25, -0.2) is 17.9 Å². The number of aryl methyl sites for hydroxylation is 1. The summed E-state index contributed by atoms with van der Waals surface area (Å²) in [6.07, 6.45) is 3.07. The van der Waals surface area contributed by atoms with Crippen molar-refractivity contribution in [3.63, 3.8) is 0 Å². The van der Waals surface area contributed by atoms with Crippen molar-refractivity contribution in [2.45, 2.75) is 13.8 Å². The van der Waals surface area contributed by atoms with Gasteiger partial charge in [0.05, 0.1) is 23.2 Å². The third-order valence-corrected chi connectivity index (χ3v) is 4.75. The third kappa shape index (κ3) is 2.96. The summed E-state index contributed by atoms with van der Waals surface area (Å²) in [6.45, 7) is 3.43. The molecule has 2 aromatic heterocycles. The minimum atomic E-state index is -3.08. The van der Waals surface area contributed by atoms with Crippen molar-refractivity contribution in [1.29, 1.82) is 0 Å². The first-order chi connectivity index (χ1) is 9.44. The van der Waals surface area contributed by atoms with Crippen LogP contribution in [-0.2, 0) is 9.84 Å². The Kier molecular flexibility index (Phi) is 4.03. The zero-order valence-corrected chi connectivity index (χ0v) is 12.1. The molecule has 0 fully saturated rings. The van der Waals surface area contributed by atoms with E-state index in [1.54, 1.807) is 30.6 Å². The molecular formula is C12H16N4O3S. The summed E-state index contributed by atoms with van der Waals surface area (Å²) >= 11 is 0. The lowest BCUT2D eigenvalue weighted by Gasteiger charge is -2.08. The molecule has 1 amide bonds. The molecule has 8 heteroatoms. The van der Waals surface area contributed by atoms with Crippen molar-refractivity contribution in [3.8, 4) is 0 Å². The van der Waals surface area contributed by atoms with Crippen LogP contribution >= 0.6 is 0 Å². The highest BCUT2D eigenvalue weighted by atomic mass is 32.2. The highest BCUT2D eigenvalue weighted by Crippen LogP contribution is 2.08. The first-order valence-corrected chi connectivity index (χ1v) is 8.04. The summed E-state index contributed by atoms with van der Waals surface area (Å²) in [5, 5.41) is 6.66. The summed E-state index contributed by atoms with van der Waals surface area (Å²) in [6, 6.07) is 1.74. The normalized spacial score (nSPS) is 11.7. The number of carbonyl (C=O) groups is 1. The standard InChI is InChI=1S/C12H16N4O3S/c1-3-20(18,19)7-6-13-12(17)10-8-14-11-4-5-15-16(11)9(10)2/h4-5,8H,3,6-7H2,1-2H3,(H,13,17). The Morgan fingerprint density at radius 1 is 1.45 bits per heavy atom. The number of amides is 1.